The fourth-order valence-corrected chi connectivity index (χ4v) is 1.67. The summed E-state index contributed by atoms with van der Waals surface area (Å²) in [6, 6.07) is 15.4. The van der Waals surface area contributed by atoms with Crippen LogP contribution < -0.4 is 0 Å². The molecule has 0 heterocycles. The lowest BCUT2D eigenvalue weighted by Gasteiger charge is -2.01. The maximum absolute atomic E-state index is 12.0. The first-order valence-corrected chi connectivity index (χ1v) is 5.47. The number of ketones is 1. The van der Waals surface area contributed by atoms with Gasteiger partial charge in [0.2, 0.25) is 6.54 Å². The smallest absolute Gasteiger partial charge is 0.228 e. The van der Waals surface area contributed by atoms with Crippen LogP contribution in [-0.2, 0) is 6.54 Å². The molecule has 4 nitrogen and oxygen atoms in total. The molecule has 0 saturated heterocycles. The van der Waals surface area contributed by atoms with Crippen LogP contribution in [0.3, 0.4) is 0 Å². The molecule has 0 bridgehead atoms. The number of carbonyl (C=O) groups excluding carboxylic acids is 1. The summed E-state index contributed by atoms with van der Waals surface area (Å²) in [6.45, 7) is -0.222. The van der Waals surface area contributed by atoms with Gasteiger partial charge < -0.3 is 0 Å². The molecule has 18 heavy (non-hydrogen) atoms. The number of hydrogen-bond acceptors (Lipinski definition) is 3. The third-order valence-electron chi connectivity index (χ3n) is 2.56. The molecule has 0 amide bonds. The molecule has 0 aliphatic carbocycles. The normalized spacial score (nSPS) is 10.0. The third kappa shape index (κ3) is 2.79. The van der Waals surface area contributed by atoms with E-state index in [0.29, 0.717) is 16.7 Å². The molecule has 0 saturated carbocycles. The van der Waals surface area contributed by atoms with Crippen LogP contribution in [0.25, 0.3) is 0 Å². The number of nitrogens with zero attached hydrogens (tertiary/aromatic N) is 1. The third-order valence-corrected chi connectivity index (χ3v) is 2.56. The van der Waals surface area contributed by atoms with Gasteiger partial charge in [-0.15, -0.1) is 0 Å². The van der Waals surface area contributed by atoms with Crippen LogP contribution in [0.1, 0.15) is 21.5 Å². The topological polar surface area (TPSA) is 60.2 Å². The van der Waals surface area contributed by atoms with Crippen molar-refractivity contribution in [3.63, 3.8) is 0 Å². The summed E-state index contributed by atoms with van der Waals surface area (Å²) in [7, 11) is 0. The van der Waals surface area contributed by atoms with Crippen LogP contribution >= 0.6 is 0 Å². The zero-order chi connectivity index (χ0) is 13.0. The number of benzene rings is 2. The van der Waals surface area contributed by atoms with Crippen LogP contribution in [0, 0.1) is 10.1 Å². The quantitative estimate of drug-likeness (QED) is 0.469. The Morgan fingerprint density at radius 2 is 1.50 bits per heavy atom. The highest BCUT2D eigenvalue weighted by Crippen LogP contribution is 2.11. The van der Waals surface area contributed by atoms with Crippen LogP contribution in [0.4, 0.5) is 0 Å². The zero-order valence-corrected chi connectivity index (χ0v) is 9.58. The molecule has 4 heteroatoms. The summed E-state index contributed by atoms with van der Waals surface area (Å²) >= 11 is 0. The Balaban J connectivity index is 2.20. The fourth-order valence-electron chi connectivity index (χ4n) is 1.67. The Labute approximate surface area is 104 Å². The van der Waals surface area contributed by atoms with Gasteiger partial charge in [0.05, 0.1) is 0 Å². The Bertz CT molecular complexity index is 561. The molecule has 0 aromatic heterocycles. The van der Waals surface area contributed by atoms with Crippen molar-refractivity contribution in [3.05, 3.63) is 81.4 Å². The van der Waals surface area contributed by atoms with Gasteiger partial charge in [-0.2, -0.15) is 0 Å². The van der Waals surface area contributed by atoms with E-state index in [9.17, 15) is 14.9 Å². The molecule has 0 fully saturated rings. The second-order valence-electron chi connectivity index (χ2n) is 3.88. The standard InChI is InChI=1S/C14H11NO3/c16-14(12-4-2-1-3-5-12)13-8-6-11(7-9-13)10-15(17)18/h1-9H,10H2. The number of hydrogen-bond donors (Lipinski definition) is 0. The summed E-state index contributed by atoms with van der Waals surface area (Å²) in [4.78, 5) is 22.0. The molecule has 2 aromatic rings. The van der Waals surface area contributed by atoms with E-state index in [0.717, 1.165) is 0 Å². The highest BCUT2D eigenvalue weighted by atomic mass is 16.6. The Morgan fingerprint density at radius 3 is 2.06 bits per heavy atom. The second-order valence-corrected chi connectivity index (χ2v) is 3.88. The molecule has 2 rings (SSSR count). The van der Waals surface area contributed by atoms with Crippen molar-refractivity contribution >= 4 is 5.78 Å². The van der Waals surface area contributed by atoms with Gasteiger partial charge in [-0.3, -0.25) is 14.9 Å². The Hall–Kier alpha value is -2.49. The number of nitro groups is 1. The van der Waals surface area contributed by atoms with E-state index in [1.807, 2.05) is 6.07 Å². The average molecular weight is 241 g/mol. The largest absolute Gasteiger partial charge is 0.289 e. The van der Waals surface area contributed by atoms with Crippen molar-refractivity contribution in [2.24, 2.45) is 0 Å². The van der Waals surface area contributed by atoms with Crippen LogP contribution in [0.15, 0.2) is 54.6 Å². The second kappa shape index (κ2) is 5.23. The Morgan fingerprint density at radius 1 is 0.944 bits per heavy atom. The van der Waals surface area contributed by atoms with E-state index in [2.05, 4.69) is 0 Å². The van der Waals surface area contributed by atoms with Crippen LogP contribution in [0.5, 0.6) is 0 Å². The lowest BCUT2D eigenvalue weighted by molar-refractivity contribution is -0.496. The minimum Gasteiger partial charge on any atom is -0.289 e. The monoisotopic (exact) mass is 241 g/mol. The van der Waals surface area contributed by atoms with Gasteiger partial charge in [-0.25, -0.2) is 0 Å². The van der Waals surface area contributed by atoms with Gasteiger partial charge in [-0.1, -0.05) is 54.6 Å². The lowest BCUT2D eigenvalue weighted by Crippen LogP contribution is -2.02. The molecule has 0 spiro atoms. The highest BCUT2D eigenvalue weighted by molar-refractivity contribution is 6.08. The Kier molecular flexibility index (Phi) is 3.48. The van der Waals surface area contributed by atoms with Crippen molar-refractivity contribution in [2.45, 2.75) is 6.54 Å². The SMILES string of the molecule is O=C(c1ccccc1)c1ccc(C[N+](=O)[O-])cc1. The van der Waals surface area contributed by atoms with Gasteiger partial charge in [0.15, 0.2) is 5.78 Å². The van der Waals surface area contributed by atoms with E-state index in [-0.39, 0.29) is 12.3 Å². The summed E-state index contributed by atoms with van der Waals surface area (Å²) in [5.41, 5.74) is 1.73. The van der Waals surface area contributed by atoms with E-state index >= 15 is 0 Å². The van der Waals surface area contributed by atoms with Crippen molar-refractivity contribution in [3.8, 4) is 0 Å². The summed E-state index contributed by atoms with van der Waals surface area (Å²) in [6.07, 6.45) is 0. The van der Waals surface area contributed by atoms with E-state index in [4.69, 9.17) is 0 Å². The lowest BCUT2D eigenvalue weighted by atomic mass is 10.0. The predicted molar refractivity (Wildman–Crippen MR) is 67.0 cm³/mol. The van der Waals surface area contributed by atoms with Crippen molar-refractivity contribution in [1.29, 1.82) is 0 Å². The molecule has 0 aliphatic heterocycles. The van der Waals surface area contributed by atoms with E-state index in [1.54, 1.807) is 48.5 Å². The highest BCUT2D eigenvalue weighted by Gasteiger charge is 2.09. The van der Waals surface area contributed by atoms with Gasteiger partial charge >= 0.3 is 0 Å². The molecule has 0 N–H and O–H groups in total. The summed E-state index contributed by atoms with van der Waals surface area (Å²) in [5, 5.41) is 10.3. The minimum atomic E-state index is -0.395. The number of carbonyl (C=O) groups is 1. The first-order valence-electron chi connectivity index (χ1n) is 5.47. The molecule has 2 aromatic carbocycles. The molecule has 0 radical (unpaired) electrons. The molecule has 0 unspecified atom stereocenters. The van der Waals surface area contributed by atoms with Crippen molar-refractivity contribution in [1.82, 2.24) is 0 Å². The molecule has 90 valence electrons. The van der Waals surface area contributed by atoms with Gasteiger partial charge in [0, 0.05) is 21.6 Å². The van der Waals surface area contributed by atoms with Gasteiger partial charge in [0.25, 0.3) is 0 Å². The van der Waals surface area contributed by atoms with Crippen molar-refractivity contribution in [2.75, 3.05) is 0 Å². The number of rotatable bonds is 4. The molecule has 0 aliphatic rings. The first kappa shape index (κ1) is 12.0. The van der Waals surface area contributed by atoms with Crippen LogP contribution in [-0.4, -0.2) is 10.7 Å². The molecular formula is C14H11NO3. The fraction of sp³-hybridized carbons (Fsp3) is 0.0714. The summed E-state index contributed by atoms with van der Waals surface area (Å²) < 4.78 is 0. The van der Waals surface area contributed by atoms with Gasteiger partial charge in [0.1, 0.15) is 0 Å². The average Bonchev–Trinajstić information content (AvgIpc) is 2.39. The summed E-state index contributed by atoms with van der Waals surface area (Å²) in [5.74, 6) is -0.0803. The van der Waals surface area contributed by atoms with Gasteiger partial charge in [-0.05, 0) is 0 Å². The zero-order valence-electron chi connectivity index (χ0n) is 9.58. The predicted octanol–water partition coefficient (Wildman–Crippen LogP) is 2.69. The van der Waals surface area contributed by atoms with E-state index < -0.39 is 4.92 Å². The molecule has 0 atom stereocenters. The molecular weight excluding hydrogens is 230 g/mol. The maximum Gasteiger partial charge on any atom is 0.228 e. The first-order chi connectivity index (χ1) is 8.66. The maximum atomic E-state index is 12.0. The van der Waals surface area contributed by atoms with Crippen molar-refractivity contribution < 1.29 is 9.72 Å². The minimum absolute atomic E-state index is 0.0803. The van der Waals surface area contributed by atoms with E-state index in [1.165, 1.54) is 0 Å². The van der Waals surface area contributed by atoms with Crippen LogP contribution in [0.2, 0.25) is 0 Å².